The average molecular weight is 376 g/mol. The smallest absolute Gasteiger partial charge is 0.319 e. The Hall–Kier alpha value is -3.29. The highest BCUT2D eigenvalue weighted by molar-refractivity contribution is 5.90. The molecule has 8 heteroatoms. The highest BCUT2D eigenvalue weighted by atomic mass is 16.5. The van der Waals surface area contributed by atoms with E-state index in [1.54, 1.807) is 38.5 Å². The molecule has 27 heavy (non-hydrogen) atoms. The molecule has 0 spiro atoms. The van der Waals surface area contributed by atoms with Crippen LogP contribution in [0.15, 0.2) is 30.3 Å². The van der Waals surface area contributed by atoms with E-state index < -0.39 is 0 Å². The zero-order valence-corrected chi connectivity index (χ0v) is 16.0. The van der Waals surface area contributed by atoms with Crippen molar-refractivity contribution in [2.24, 2.45) is 0 Å². The zero-order chi connectivity index (χ0) is 19.8. The van der Waals surface area contributed by atoms with E-state index in [2.05, 4.69) is 10.6 Å². The molecule has 0 heterocycles. The molecule has 2 aromatic carbocycles. The first-order valence-corrected chi connectivity index (χ1v) is 8.12. The molecule has 0 fully saturated rings. The number of rotatable bonds is 8. The highest BCUT2D eigenvalue weighted by Crippen LogP contribution is 2.39. The van der Waals surface area contributed by atoms with Crippen molar-refractivity contribution in [1.82, 2.24) is 5.32 Å². The molecule has 2 amide bonds. The van der Waals surface area contributed by atoms with Gasteiger partial charge in [-0.15, -0.1) is 0 Å². The standard InChI is InChI=1S/C19H24N2O6/c1-23-14-7-6-12(8-15(14)24-2)11-20-19(22)21-13-9-16(25-3)18(27-5)17(10-13)26-4/h6-10H,11H2,1-5H3,(H2,20,21,22). The Kier molecular flexibility index (Phi) is 6.99. The van der Waals surface area contributed by atoms with Crippen LogP contribution in [0.4, 0.5) is 10.5 Å². The third-order valence-corrected chi connectivity index (χ3v) is 3.82. The number of carbonyl (C=O) groups is 1. The number of nitrogens with one attached hydrogen (secondary N) is 2. The molecule has 2 rings (SSSR count). The van der Waals surface area contributed by atoms with E-state index >= 15 is 0 Å². The van der Waals surface area contributed by atoms with Crippen molar-refractivity contribution in [3.8, 4) is 28.7 Å². The van der Waals surface area contributed by atoms with Crippen LogP contribution in [-0.4, -0.2) is 41.6 Å². The second-order valence-corrected chi connectivity index (χ2v) is 5.41. The third kappa shape index (κ3) is 4.87. The van der Waals surface area contributed by atoms with Gasteiger partial charge in [0.15, 0.2) is 23.0 Å². The first kappa shape index (κ1) is 20.0. The maximum absolute atomic E-state index is 12.2. The first-order valence-electron chi connectivity index (χ1n) is 8.12. The van der Waals surface area contributed by atoms with Crippen molar-refractivity contribution in [1.29, 1.82) is 0 Å². The molecule has 0 radical (unpaired) electrons. The van der Waals surface area contributed by atoms with Crippen LogP contribution >= 0.6 is 0 Å². The summed E-state index contributed by atoms with van der Waals surface area (Å²) in [5.74, 6) is 2.58. The molecule has 0 atom stereocenters. The maximum Gasteiger partial charge on any atom is 0.319 e. The molecule has 2 N–H and O–H groups in total. The van der Waals surface area contributed by atoms with Crippen LogP contribution < -0.4 is 34.3 Å². The van der Waals surface area contributed by atoms with Gasteiger partial charge in [0.05, 0.1) is 41.2 Å². The van der Waals surface area contributed by atoms with Gasteiger partial charge in [-0.3, -0.25) is 0 Å². The molecule has 0 saturated carbocycles. The zero-order valence-electron chi connectivity index (χ0n) is 16.0. The van der Waals surface area contributed by atoms with Crippen LogP contribution in [0.25, 0.3) is 0 Å². The summed E-state index contributed by atoms with van der Waals surface area (Å²) in [4.78, 5) is 12.2. The molecule has 2 aromatic rings. The number of hydrogen-bond acceptors (Lipinski definition) is 6. The minimum Gasteiger partial charge on any atom is -0.493 e. The van der Waals surface area contributed by atoms with Crippen molar-refractivity contribution >= 4 is 11.7 Å². The van der Waals surface area contributed by atoms with Gasteiger partial charge in [-0.1, -0.05) is 6.07 Å². The summed E-state index contributed by atoms with van der Waals surface area (Å²) < 4.78 is 26.3. The van der Waals surface area contributed by atoms with Crippen molar-refractivity contribution in [2.75, 3.05) is 40.9 Å². The van der Waals surface area contributed by atoms with Crippen LogP contribution in [0.2, 0.25) is 0 Å². The molecule has 0 aromatic heterocycles. The second kappa shape index (κ2) is 9.42. The number of methoxy groups -OCH3 is 5. The molecule has 0 aliphatic rings. The Bertz CT molecular complexity index is 769. The van der Waals surface area contributed by atoms with Crippen LogP contribution in [0.5, 0.6) is 28.7 Å². The lowest BCUT2D eigenvalue weighted by atomic mass is 10.2. The molecular weight excluding hydrogens is 352 g/mol. The van der Waals surface area contributed by atoms with Crippen LogP contribution in [-0.2, 0) is 6.54 Å². The SMILES string of the molecule is COc1ccc(CNC(=O)Nc2cc(OC)c(OC)c(OC)c2)cc1OC. The first-order chi connectivity index (χ1) is 13.1. The van der Waals surface area contributed by atoms with Crippen LogP contribution in [0, 0.1) is 0 Å². The molecule has 0 saturated heterocycles. The number of carbonyl (C=O) groups excluding carboxylic acids is 1. The van der Waals surface area contributed by atoms with Gasteiger partial charge in [0.1, 0.15) is 0 Å². The summed E-state index contributed by atoms with van der Waals surface area (Å²) in [6.07, 6.45) is 0. The van der Waals surface area contributed by atoms with E-state index in [1.807, 2.05) is 6.07 Å². The Labute approximate surface area is 158 Å². The van der Waals surface area contributed by atoms with Gasteiger partial charge < -0.3 is 34.3 Å². The van der Waals surface area contributed by atoms with Crippen molar-refractivity contribution < 1.29 is 28.5 Å². The molecule has 8 nitrogen and oxygen atoms in total. The summed E-state index contributed by atoms with van der Waals surface area (Å²) >= 11 is 0. The fourth-order valence-electron chi connectivity index (χ4n) is 2.50. The van der Waals surface area contributed by atoms with Crippen molar-refractivity contribution in [3.63, 3.8) is 0 Å². The van der Waals surface area contributed by atoms with Gasteiger partial charge in [-0.05, 0) is 17.7 Å². The van der Waals surface area contributed by atoms with E-state index in [0.717, 1.165) is 5.56 Å². The molecular formula is C19H24N2O6. The van der Waals surface area contributed by atoms with E-state index in [-0.39, 0.29) is 6.03 Å². The number of hydrogen-bond donors (Lipinski definition) is 2. The lowest BCUT2D eigenvalue weighted by Gasteiger charge is -2.15. The minimum atomic E-state index is -0.376. The van der Waals surface area contributed by atoms with Crippen molar-refractivity contribution in [2.45, 2.75) is 6.54 Å². The summed E-state index contributed by atoms with van der Waals surface area (Å²) in [7, 11) is 7.67. The molecule has 0 bridgehead atoms. The molecule has 0 unspecified atom stereocenters. The number of urea groups is 1. The molecule has 0 aliphatic heterocycles. The lowest BCUT2D eigenvalue weighted by Crippen LogP contribution is -2.28. The Balaban J connectivity index is 2.06. The van der Waals surface area contributed by atoms with Gasteiger partial charge in [0.25, 0.3) is 0 Å². The van der Waals surface area contributed by atoms with E-state index in [4.69, 9.17) is 23.7 Å². The van der Waals surface area contributed by atoms with Crippen LogP contribution in [0.3, 0.4) is 0 Å². The number of ether oxygens (including phenoxy) is 5. The minimum absolute atomic E-state index is 0.316. The topological polar surface area (TPSA) is 87.3 Å². The lowest BCUT2D eigenvalue weighted by molar-refractivity contribution is 0.251. The van der Waals surface area contributed by atoms with Crippen molar-refractivity contribution in [3.05, 3.63) is 35.9 Å². The second-order valence-electron chi connectivity index (χ2n) is 5.41. The summed E-state index contributed by atoms with van der Waals surface area (Å²) in [5.41, 5.74) is 1.38. The third-order valence-electron chi connectivity index (χ3n) is 3.82. The van der Waals surface area contributed by atoms with Gasteiger partial charge in [0, 0.05) is 18.7 Å². The predicted molar refractivity (Wildman–Crippen MR) is 102 cm³/mol. The monoisotopic (exact) mass is 376 g/mol. The average Bonchev–Trinajstić information content (AvgIpc) is 2.70. The Morgan fingerprint density at radius 1 is 0.778 bits per heavy atom. The highest BCUT2D eigenvalue weighted by Gasteiger charge is 2.14. The largest absolute Gasteiger partial charge is 0.493 e. The van der Waals surface area contributed by atoms with E-state index in [1.165, 1.54) is 21.3 Å². The van der Waals surface area contributed by atoms with E-state index in [9.17, 15) is 4.79 Å². The molecule has 146 valence electrons. The fourth-order valence-corrected chi connectivity index (χ4v) is 2.50. The normalized spacial score (nSPS) is 9.96. The van der Waals surface area contributed by atoms with Gasteiger partial charge in [-0.25, -0.2) is 4.79 Å². The van der Waals surface area contributed by atoms with Gasteiger partial charge in [0.2, 0.25) is 5.75 Å². The maximum atomic E-state index is 12.2. The number of benzene rings is 2. The number of amides is 2. The Morgan fingerprint density at radius 3 is 1.89 bits per heavy atom. The van der Waals surface area contributed by atoms with Crippen LogP contribution in [0.1, 0.15) is 5.56 Å². The molecule has 0 aliphatic carbocycles. The summed E-state index contributed by atoms with van der Waals surface area (Å²) in [6, 6.07) is 8.36. The summed E-state index contributed by atoms with van der Waals surface area (Å²) in [5, 5.41) is 5.52. The quantitative estimate of drug-likeness (QED) is 0.736. The van der Waals surface area contributed by atoms with Gasteiger partial charge in [-0.2, -0.15) is 0 Å². The van der Waals surface area contributed by atoms with E-state index in [0.29, 0.717) is 41.0 Å². The van der Waals surface area contributed by atoms with Gasteiger partial charge >= 0.3 is 6.03 Å². The predicted octanol–water partition coefficient (Wildman–Crippen LogP) is 3.05. The number of anilines is 1. The summed E-state index contributed by atoms with van der Waals surface area (Å²) in [6.45, 7) is 0.316. The fraction of sp³-hybridized carbons (Fsp3) is 0.316. The Morgan fingerprint density at radius 2 is 1.37 bits per heavy atom.